The van der Waals surface area contributed by atoms with Crippen molar-refractivity contribution in [3.05, 3.63) is 29.3 Å². The summed E-state index contributed by atoms with van der Waals surface area (Å²) in [6.45, 7) is 0.416. The standard InChI is InChI=1S/C16H17F3INO2/c17-16(18,19)10-1-2-11-12(7-10)23-8-15(11)5-3-9(4-6-15)13(20)14(21)22/h1-2,7,9,13H,3-6,8H2,(H2,21,22). The summed E-state index contributed by atoms with van der Waals surface area (Å²) in [5, 5.41) is 0. The van der Waals surface area contributed by atoms with Gasteiger partial charge in [0.05, 0.1) is 16.1 Å². The fourth-order valence-corrected chi connectivity index (χ4v) is 4.40. The molecule has 1 fully saturated rings. The molecular weight excluding hydrogens is 422 g/mol. The van der Waals surface area contributed by atoms with Crippen LogP contribution in [0.1, 0.15) is 36.8 Å². The molecule has 1 amide bonds. The molecule has 1 atom stereocenters. The molecule has 0 aromatic heterocycles. The van der Waals surface area contributed by atoms with Gasteiger partial charge in [-0.1, -0.05) is 28.7 Å². The van der Waals surface area contributed by atoms with Crippen molar-refractivity contribution in [2.24, 2.45) is 11.7 Å². The van der Waals surface area contributed by atoms with Crippen LogP contribution in [-0.4, -0.2) is 16.4 Å². The molecule has 1 spiro atoms. The molecule has 2 N–H and O–H groups in total. The largest absolute Gasteiger partial charge is 0.492 e. The van der Waals surface area contributed by atoms with E-state index in [9.17, 15) is 18.0 Å². The quantitative estimate of drug-likeness (QED) is 0.563. The van der Waals surface area contributed by atoms with Gasteiger partial charge >= 0.3 is 6.18 Å². The van der Waals surface area contributed by atoms with E-state index in [1.807, 2.05) is 0 Å². The minimum Gasteiger partial charge on any atom is -0.492 e. The predicted octanol–water partition coefficient (Wildman–Crippen LogP) is 3.81. The first-order chi connectivity index (χ1) is 10.7. The molecule has 7 heteroatoms. The number of nitrogens with two attached hydrogens (primary N) is 1. The first kappa shape index (κ1) is 16.9. The van der Waals surface area contributed by atoms with Crippen molar-refractivity contribution in [2.75, 3.05) is 6.61 Å². The molecule has 1 aliphatic heterocycles. The van der Waals surface area contributed by atoms with Gasteiger partial charge in [-0.3, -0.25) is 4.79 Å². The third-order valence-electron chi connectivity index (χ3n) is 5.06. The summed E-state index contributed by atoms with van der Waals surface area (Å²) in [5.74, 6) is 0.279. The molecule has 126 valence electrons. The summed E-state index contributed by atoms with van der Waals surface area (Å²) < 4.78 is 43.8. The third-order valence-corrected chi connectivity index (χ3v) is 6.69. The van der Waals surface area contributed by atoms with Gasteiger partial charge in [0.25, 0.3) is 0 Å². The van der Waals surface area contributed by atoms with E-state index < -0.39 is 11.7 Å². The first-order valence-electron chi connectivity index (χ1n) is 7.51. The van der Waals surface area contributed by atoms with Crippen LogP contribution in [-0.2, 0) is 16.4 Å². The lowest BCUT2D eigenvalue weighted by Crippen LogP contribution is -2.38. The predicted molar refractivity (Wildman–Crippen MR) is 87.6 cm³/mol. The van der Waals surface area contributed by atoms with Crippen LogP contribution in [0.4, 0.5) is 13.2 Å². The molecule has 0 radical (unpaired) electrons. The van der Waals surface area contributed by atoms with E-state index in [4.69, 9.17) is 10.5 Å². The fourth-order valence-electron chi connectivity index (χ4n) is 3.68. The number of rotatable bonds is 2. The second kappa shape index (κ2) is 5.82. The van der Waals surface area contributed by atoms with E-state index in [0.29, 0.717) is 12.4 Å². The summed E-state index contributed by atoms with van der Waals surface area (Å²) in [4.78, 5) is 11.3. The SMILES string of the molecule is NC(=O)C(I)C1CCC2(CC1)COc1cc(C(F)(F)F)ccc12. The van der Waals surface area contributed by atoms with Gasteiger partial charge < -0.3 is 10.5 Å². The molecule has 1 aliphatic carbocycles. The lowest BCUT2D eigenvalue weighted by Gasteiger charge is -2.37. The van der Waals surface area contributed by atoms with Crippen molar-refractivity contribution >= 4 is 28.5 Å². The Morgan fingerprint density at radius 1 is 1.35 bits per heavy atom. The number of ether oxygens (including phenoxy) is 1. The second-order valence-electron chi connectivity index (χ2n) is 6.42. The van der Waals surface area contributed by atoms with Crippen LogP contribution in [0.15, 0.2) is 18.2 Å². The summed E-state index contributed by atoms with van der Waals surface area (Å²) >= 11 is 2.08. The van der Waals surface area contributed by atoms with Crippen molar-refractivity contribution < 1.29 is 22.7 Å². The molecule has 23 heavy (non-hydrogen) atoms. The van der Waals surface area contributed by atoms with Gasteiger partial charge in [-0.15, -0.1) is 0 Å². The molecule has 1 aromatic carbocycles. The number of carbonyl (C=O) groups is 1. The van der Waals surface area contributed by atoms with Crippen LogP contribution in [0.3, 0.4) is 0 Å². The Balaban J connectivity index is 1.80. The number of hydrogen-bond donors (Lipinski definition) is 1. The van der Waals surface area contributed by atoms with Crippen LogP contribution in [0.2, 0.25) is 0 Å². The average molecular weight is 439 g/mol. The van der Waals surface area contributed by atoms with Crippen LogP contribution in [0.5, 0.6) is 5.75 Å². The number of halogens is 4. The highest BCUT2D eigenvalue weighted by molar-refractivity contribution is 14.1. The molecule has 0 bridgehead atoms. The van der Waals surface area contributed by atoms with Gasteiger partial charge in [0.1, 0.15) is 5.75 Å². The number of alkyl halides is 4. The molecule has 1 heterocycles. The Kier molecular flexibility index (Phi) is 4.27. The van der Waals surface area contributed by atoms with Crippen LogP contribution in [0, 0.1) is 5.92 Å². The van der Waals surface area contributed by atoms with E-state index in [0.717, 1.165) is 43.4 Å². The molecule has 1 saturated carbocycles. The minimum absolute atomic E-state index is 0.195. The molecule has 1 aromatic rings. The normalized spacial score (nSPS) is 28.3. The Morgan fingerprint density at radius 2 is 2.00 bits per heavy atom. The maximum atomic E-state index is 12.8. The van der Waals surface area contributed by atoms with Gasteiger partial charge in [0.2, 0.25) is 5.91 Å². The average Bonchev–Trinajstić information content (AvgIpc) is 2.85. The lowest BCUT2D eigenvalue weighted by atomic mass is 9.67. The van der Waals surface area contributed by atoms with Gasteiger partial charge in [-0.25, -0.2) is 0 Å². The molecule has 2 aliphatic rings. The summed E-state index contributed by atoms with van der Waals surface area (Å²) in [7, 11) is 0. The zero-order valence-corrected chi connectivity index (χ0v) is 14.5. The molecule has 1 unspecified atom stereocenters. The Labute approximate surface area is 145 Å². The van der Waals surface area contributed by atoms with Crippen molar-refractivity contribution in [2.45, 2.75) is 41.2 Å². The number of hydrogen-bond acceptors (Lipinski definition) is 2. The summed E-state index contributed by atoms with van der Waals surface area (Å²) in [6.07, 6.45) is -1.08. The number of primary amides is 1. The Morgan fingerprint density at radius 3 is 2.57 bits per heavy atom. The van der Waals surface area contributed by atoms with Crippen LogP contribution >= 0.6 is 22.6 Å². The number of carbonyl (C=O) groups excluding carboxylic acids is 1. The third kappa shape index (κ3) is 3.04. The Bertz CT molecular complexity index is 624. The topological polar surface area (TPSA) is 52.3 Å². The van der Waals surface area contributed by atoms with Crippen LogP contribution in [0.25, 0.3) is 0 Å². The van der Waals surface area contributed by atoms with Gasteiger partial charge in [-0.05, 0) is 43.7 Å². The number of fused-ring (bicyclic) bond motifs is 2. The van der Waals surface area contributed by atoms with Crippen molar-refractivity contribution in [3.8, 4) is 5.75 Å². The highest BCUT2D eigenvalue weighted by Gasteiger charge is 2.45. The number of amides is 1. The van der Waals surface area contributed by atoms with Crippen molar-refractivity contribution in [1.29, 1.82) is 0 Å². The zero-order chi connectivity index (χ0) is 16.8. The second-order valence-corrected chi connectivity index (χ2v) is 7.76. The monoisotopic (exact) mass is 439 g/mol. The molecule has 0 saturated heterocycles. The highest BCUT2D eigenvalue weighted by Crippen LogP contribution is 2.51. The van der Waals surface area contributed by atoms with E-state index in [1.165, 1.54) is 0 Å². The Hall–Kier alpha value is -0.990. The van der Waals surface area contributed by atoms with Gasteiger partial charge in [-0.2, -0.15) is 13.2 Å². The fraction of sp³-hybridized carbons (Fsp3) is 0.562. The summed E-state index contributed by atoms with van der Waals surface area (Å²) in [5.41, 5.74) is 5.34. The summed E-state index contributed by atoms with van der Waals surface area (Å²) in [6, 6.07) is 3.79. The highest BCUT2D eigenvalue weighted by atomic mass is 127. The van der Waals surface area contributed by atoms with E-state index in [2.05, 4.69) is 22.6 Å². The van der Waals surface area contributed by atoms with E-state index in [1.54, 1.807) is 6.07 Å². The maximum Gasteiger partial charge on any atom is 0.416 e. The minimum atomic E-state index is -4.36. The van der Waals surface area contributed by atoms with Crippen LogP contribution < -0.4 is 10.5 Å². The molecule has 3 rings (SSSR count). The first-order valence-corrected chi connectivity index (χ1v) is 8.75. The lowest BCUT2D eigenvalue weighted by molar-refractivity contribution is -0.137. The van der Waals surface area contributed by atoms with Gasteiger partial charge in [0, 0.05) is 11.0 Å². The zero-order valence-electron chi connectivity index (χ0n) is 12.3. The van der Waals surface area contributed by atoms with E-state index >= 15 is 0 Å². The molecular formula is C16H17F3INO2. The smallest absolute Gasteiger partial charge is 0.416 e. The maximum absolute atomic E-state index is 12.8. The van der Waals surface area contributed by atoms with Gasteiger partial charge in [0.15, 0.2) is 0 Å². The van der Waals surface area contributed by atoms with Crippen molar-refractivity contribution in [1.82, 2.24) is 0 Å². The number of benzene rings is 1. The molecule has 3 nitrogen and oxygen atoms in total. The van der Waals surface area contributed by atoms with E-state index in [-0.39, 0.29) is 21.2 Å². The van der Waals surface area contributed by atoms with Crippen molar-refractivity contribution in [3.63, 3.8) is 0 Å².